The van der Waals surface area contributed by atoms with Crippen molar-refractivity contribution in [2.24, 2.45) is 11.8 Å². The zero-order chi connectivity index (χ0) is 15.3. The van der Waals surface area contributed by atoms with Gasteiger partial charge in [0.1, 0.15) is 10.9 Å². The lowest BCUT2D eigenvalue weighted by molar-refractivity contribution is -0.147. The third-order valence-corrected chi connectivity index (χ3v) is 7.88. The van der Waals surface area contributed by atoms with Crippen molar-refractivity contribution < 1.29 is 22.3 Å². The Hall–Kier alpha value is -0.690. The van der Waals surface area contributed by atoms with Gasteiger partial charge in [-0.1, -0.05) is 0 Å². The van der Waals surface area contributed by atoms with E-state index in [4.69, 9.17) is 4.74 Å². The van der Waals surface area contributed by atoms with Crippen molar-refractivity contribution in [3.05, 3.63) is 0 Å². The van der Waals surface area contributed by atoms with Gasteiger partial charge in [0.05, 0.1) is 12.4 Å². The number of halogens is 1. The molecule has 1 saturated carbocycles. The summed E-state index contributed by atoms with van der Waals surface area (Å²) in [6.45, 7) is 3.42. The first kappa shape index (κ1) is 15.2. The van der Waals surface area contributed by atoms with Crippen LogP contribution < -0.4 is 0 Å². The van der Waals surface area contributed by atoms with E-state index in [2.05, 4.69) is 0 Å². The van der Waals surface area contributed by atoms with Gasteiger partial charge in [-0.05, 0) is 26.2 Å². The van der Waals surface area contributed by atoms with Crippen LogP contribution >= 0.6 is 0 Å². The van der Waals surface area contributed by atoms with Crippen molar-refractivity contribution in [2.45, 2.75) is 37.1 Å². The van der Waals surface area contributed by atoms with Crippen LogP contribution in [0.2, 0.25) is 0 Å². The summed E-state index contributed by atoms with van der Waals surface area (Å²) < 4.78 is 42.2. The Morgan fingerprint density at radius 2 is 2.05 bits per heavy atom. The number of alkyl halides is 1. The molecule has 0 radical (unpaired) electrons. The van der Waals surface area contributed by atoms with Gasteiger partial charge in [0.25, 0.3) is 0 Å². The number of hydrogen-bond donors (Lipinski definition) is 0. The van der Waals surface area contributed by atoms with Crippen LogP contribution in [0.3, 0.4) is 0 Å². The van der Waals surface area contributed by atoms with E-state index >= 15 is 0 Å². The number of hydrogen-bond acceptors (Lipinski definition) is 4. The minimum Gasteiger partial charge on any atom is -0.381 e. The van der Waals surface area contributed by atoms with E-state index in [1.165, 1.54) is 0 Å². The maximum atomic E-state index is 12.8. The van der Waals surface area contributed by atoms with Gasteiger partial charge in [0.15, 0.2) is 9.84 Å². The van der Waals surface area contributed by atoms with Crippen LogP contribution in [0.5, 0.6) is 0 Å². The molecule has 0 aromatic rings. The fraction of sp³-hybridized carbons (Fsp3) is 0.929. The standard InChI is InChI=1S/C14H22FNO4S/c1-2-20-7-11-3-4-21(18,19)14(11)8-16(9-14)13(17)10-5-12(15)6-10/h10-12H,2-9H2,1H3/t10?,11-,12?/m0/s1. The van der Waals surface area contributed by atoms with E-state index in [9.17, 15) is 17.6 Å². The first-order chi connectivity index (χ1) is 9.89. The monoisotopic (exact) mass is 319 g/mol. The lowest BCUT2D eigenvalue weighted by atomic mass is 9.79. The fourth-order valence-electron chi connectivity index (χ4n) is 3.73. The Bertz CT molecular complexity index is 523. The second-order valence-corrected chi connectivity index (χ2v) is 8.94. The van der Waals surface area contributed by atoms with Crippen molar-refractivity contribution >= 4 is 15.7 Å². The van der Waals surface area contributed by atoms with Crippen molar-refractivity contribution in [1.82, 2.24) is 4.90 Å². The lowest BCUT2D eigenvalue weighted by Crippen LogP contribution is -2.70. The summed E-state index contributed by atoms with van der Waals surface area (Å²) >= 11 is 0. The zero-order valence-electron chi connectivity index (χ0n) is 12.3. The maximum absolute atomic E-state index is 12.8. The average Bonchev–Trinajstić information content (AvgIpc) is 2.61. The molecular weight excluding hydrogens is 297 g/mol. The molecule has 1 spiro atoms. The Kier molecular flexibility index (Phi) is 3.76. The van der Waals surface area contributed by atoms with Gasteiger partial charge in [-0.3, -0.25) is 4.79 Å². The summed E-state index contributed by atoms with van der Waals surface area (Å²) in [5.41, 5.74) is 0. The molecular formula is C14H22FNO4S. The Balaban J connectivity index is 1.66. The molecule has 21 heavy (non-hydrogen) atoms. The van der Waals surface area contributed by atoms with Crippen LogP contribution in [0.4, 0.5) is 4.39 Å². The highest BCUT2D eigenvalue weighted by atomic mass is 32.2. The Labute approximate surface area is 124 Å². The van der Waals surface area contributed by atoms with Crippen molar-refractivity contribution in [3.8, 4) is 0 Å². The van der Waals surface area contributed by atoms with E-state index in [0.717, 1.165) is 0 Å². The van der Waals surface area contributed by atoms with Crippen LogP contribution in [0, 0.1) is 11.8 Å². The van der Waals surface area contributed by atoms with E-state index in [-0.39, 0.29) is 49.4 Å². The molecule has 7 heteroatoms. The fourth-order valence-corrected chi connectivity index (χ4v) is 6.13. The molecule has 2 saturated heterocycles. The quantitative estimate of drug-likeness (QED) is 0.768. The molecule has 3 aliphatic rings. The second kappa shape index (κ2) is 5.19. The molecule has 3 rings (SSSR count). The summed E-state index contributed by atoms with van der Waals surface area (Å²) in [5.74, 6) is -0.164. The van der Waals surface area contributed by atoms with Gasteiger partial charge in [0.2, 0.25) is 5.91 Å². The van der Waals surface area contributed by atoms with Gasteiger partial charge in [-0.2, -0.15) is 0 Å². The smallest absolute Gasteiger partial charge is 0.226 e. The summed E-state index contributed by atoms with van der Waals surface area (Å²) in [6, 6.07) is 0. The summed E-state index contributed by atoms with van der Waals surface area (Å²) in [5, 5.41) is 0. The molecule has 120 valence electrons. The number of sulfone groups is 1. The minimum atomic E-state index is -3.17. The van der Waals surface area contributed by atoms with E-state index in [1.54, 1.807) is 4.90 Å². The minimum absolute atomic E-state index is 0.0261. The molecule has 1 aliphatic carbocycles. The second-order valence-electron chi connectivity index (χ2n) is 6.49. The van der Waals surface area contributed by atoms with E-state index < -0.39 is 20.8 Å². The van der Waals surface area contributed by atoms with Gasteiger partial charge >= 0.3 is 0 Å². The average molecular weight is 319 g/mol. The topological polar surface area (TPSA) is 63.7 Å². The van der Waals surface area contributed by atoms with Crippen LogP contribution in [0.25, 0.3) is 0 Å². The van der Waals surface area contributed by atoms with Gasteiger partial charge in [-0.25, -0.2) is 12.8 Å². The molecule has 2 heterocycles. The van der Waals surface area contributed by atoms with Gasteiger partial charge in [-0.15, -0.1) is 0 Å². The lowest BCUT2D eigenvalue weighted by Gasteiger charge is -2.51. The summed E-state index contributed by atoms with van der Waals surface area (Å²) in [6.07, 6.45) is 0.324. The van der Waals surface area contributed by atoms with E-state index in [0.29, 0.717) is 19.6 Å². The van der Waals surface area contributed by atoms with Crippen LogP contribution in [-0.4, -0.2) is 62.2 Å². The highest BCUT2D eigenvalue weighted by molar-refractivity contribution is 7.93. The molecule has 2 aliphatic heterocycles. The molecule has 0 unspecified atom stereocenters. The van der Waals surface area contributed by atoms with Crippen molar-refractivity contribution in [1.29, 1.82) is 0 Å². The first-order valence-electron chi connectivity index (χ1n) is 7.62. The first-order valence-corrected chi connectivity index (χ1v) is 9.28. The number of nitrogens with zero attached hydrogens (tertiary/aromatic N) is 1. The summed E-state index contributed by atoms with van der Waals surface area (Å²) in [4.78, 5) is 13.8. The molecule has 1 amide bonds. The molecule has 0 bridgehead atoms. The molecule has 0 aromatic heterocycles. The van der Waals surface area contributed by atoms with Crippen LogP contribution in [0.15, 0.2) is 0 Å². The third-order valence-electron chi connectivity index (χ3n) is 5.28. The molecule has 5 nitrogen and oxygen atoms in total. The number of amides is 1. The highest BCUT2D eigenvalue weighted by Crippen LogP contribution is 2.46. The predicted molar refractivity (Wildman–Crippen MR) is 75.3 cm³/mol. The highest BCUT2D eigenvalue weighted by Gasteiger charge is 2.63. The zero-order valence-corrected chi connectivity index (χ0v) is 13.1. The van der Waals surface area contributed by atoms with Crippen molar-refractivity contribution in [3.63, 3.8) is 0 Å². The predicted octanol–water partition coefficient (Wildman–Crippen LogP) is 0.787. The summed E-state index contributed by atoms with van der Waals surface area (Å²) in [7, 11) is -3.17. The molecule has 3 fully saturated rings. The van der Waals surface area contributed by atoms with Crippen molar-refractivity contribution in [2.75, 3.05) is 32.1 Å². The Morgan fingerprint density at radius 3 is 2.62 bits per heavy atom. The maximum Gasteiger partial charge on any atom is 0.226 e. The van der Waals surface area contributed by atoms with Crippen LogP contribution in [0.1, 0.15) is 26.2 Å². The van der Waals surface area contributed by atoms with Gasteiger partial charge < -0.3 is 9.64 Å². The Morgan fingerprint density at radius 1 is 1.38 bits per heavy atom. The number of likely N-dealkylation sites (tertiary alicyclic amines) is 1. The van der Waals surface area contributed by atoms with Gasteiger partial charge in [0, 0.05) is 31.5 Å². The molecule has 0 N–H and O–H groups in total. The number of ether oxygens (including phenoxy) is 1. The number of rotatable bonds is 4. The largest absolute Gasteiger partial charge is 0.381 e. The third kappa shape index (κ3) is 2.29. The van der Waals surface area contributed by atoms with Crippen LogP contribution in [-0.2, 0) is 19.4 Å². The normalized spacial score (nSPS) is 36.3. The molecule has 0 aromatic carbocycles. The number of carbonyl (C=O) groups is 1. The molecule has 1 atom stereocenters. The van der Waals surface area contributed by atoms with E-state index in [1.807, 2.05) is 6.92 Å². The SMILES string of the molecule is CCOC[C@@H]1CCS(=O)(=O)C12CN(C(=O)C1CC(F)C1)C2. The number of carbonyl (C=O) groups excluding carboxylic acids is 1.